The van der Waals surface area contributed by atoms with E-state index < -0.39 is 5.97 Å². The summed E-state index contributed by atoms with van der Waals surface area (Å²) in [5, 5.41) is 8.24. The molecule has 0 bridgehead atoms. The summed E-state index contributed by atoms with van der Waals surface area (Å²) in [6, 6.07) is 3.14. The second-order valence-electron chi connectivity index (χ2n) is 2.80. The van der Waals surface area contributed by atoms with Gasteiger partial charge in [-0.1, -0.05) is 0 Å². The predicted molar refractivity (Wildman–Crippen MR) is 60.8 cm³/mol. The van der Waals surface area contributed by atoms with Gasteiger partial charge in [-0.15, -0.1) is 0 Å². The van der Waals surface area contributed by atoms with E-state index in [0.717, 1.165) is 0 Å². The third-order valence-corrected chi connectivity index (χ3v) is 1.52. The summed E-state index contributed by atoms with van der Waals surface area (Å²) >= 11 is 0. The smallest absolute Gasteiger partial charge is 0.352 e. The van der Waals surface area contributed by atoms with Crippen LogP contribution in [0.2, 0.25) is 0 Å². The first-order valence-electron chi connectivity index (χ1n) is 4.38. The van der Waals surface area contributed by atoms with Gasteiger partial charge < -0.3 is 27.3 Å². The molecule has 2 heterocycles. The van der Waals surface area contributed by atoms with E-state index >= 15 is 0 Å². The van der Waals surface area contributed by atoms with Crippen LogP contribution >= 0.6 is 0 Å². The summed E-state index contributed by atoms with van der Waals surface area (Å²) in [6.45, 7) is 0. The average molecular weight is 237 g/mol. The van der Waals surface area contributed by atoms with Gasteiger partial charge in [-0.05, 0) is 12.1 Å². The summed E-state index contributed by atoms with van der Waals surface area (Å²) in [4.78, 5) is 23.0. The molecule has 2 aromatic heterocycles. The minimum absolute atomic E-state index is 0.0417. The second kappa shape index (κ2) is 5.30. The SMILES string of the molecule is Nc1nc(N)nc(N)n1.O=C(O)c1ccc[nH]1. The molecule has 8 N–H and O–H groups in total. The maximum absolute atomic E-state index is 10.0. The van der Waals surface area contributed by atoms with Crippen LogP contribution in [0.15, 0.2) is 18.3 Å². The number of nitrogens with two attached hydrogens (primary N) is 3. The van der Waals surface area contributed by atoms with Gasteiger partial charge in [0.05, 0.1) is 0 Å². The Morgan fingerprint density at radius 1 is 1.12 bits per heavy atom. The van der Waals surface area contributed by atoms with Gasteiger partial charge >= 0.3 is 5.97 Å². The maximum atomic E-state index is 10.0. The first kappa shape index (κ1) is 12.2. The van der Waals surface area contributed by atoms with Gasteiger partial charge in [0.15, 0.2) is 0 Å². The third kappa shape index (κ3) is 4.03. The molecule has 0 spiro atoms. The molecule has 0 atom stereocenters. The van der Waals surface area contributed by atoms with Crippen molar-refractivity contribution in [2.75, 3.05) is 17.2 Å². The standard InChI is InChI=1S/C5H5NO2.C3H6N6/c7-5(8)4-2-1-3-6-4;4-1-7-2(5)9-3(6)8-1/h1-3,6H,(H,7,8);(H6,4,5,6,7,8,9). The molecule has 0 aliphatic heterocycles. The lowest BCUT2D eigenvalue weighted by molar-refractivity contribution is 0.0691. The number of nitrogens with one attached hydrogen (secondary N) is 1. The molecule has 9 nitrogen and oxygen atoms in total. The van der Waals surface area contributed by atoms with E-state index in [1.165, 1.54) is 6.07 Å². The zero-order valence-corrected chi connectivity index (χ0v) is 8.66. The molecule has 0 aromatic carbocycles. The van der Waals surface area contributed by atoms with Crippen LogP contribution in [0.4, 0.5) is 17.8 Å². The normalized spacial score (nSPS) is 9.18. The van der Waals surface area contributed by atoms with Crippen molar-refractivity contribution < 1.29 is 9.90 Å². The number of carboxylic acids is 1. The van der Waals surface area contributed by atoms with E-state index in [1.54, 1.807) is 12.3 Å². The van der Waals surface area contributed by atoms with Crippen molar-refractivity contribution in [1.29, 1.82) is 0 Å². The highest BCUT2D eigenvalue weighted by Gasteiger charge is 1.98. The summed E-state index contributed by atoms with van der Waals surface area (Å²) in [7, 11) is 0. The molecule has 0 saturated heterocycles. The van der Waals surface area contributed by atoms with Crippen LogP contribution in [-0.4, -0.2) is 31.0 Å². The Morgan fingerprint density at radius 3 is 1.82 bits per heavy atom. The Kier molecular flexibility index (Phi) is 3.81. The first-order valence-corrected chi connectivity index (χ1v) is 4.38. The summed E-state index contributed by atoms with van der Waals surface area (Å²) in [5.41, 5.74) is 15.6. The van der Waals surface area contributed by atoms with E-state index in [0.29, 0.717) is 0 Å². The number of H-pyrrole nitrogens is 1. The molecule has 17 heavy (non-hydrogen) atoms. The number of aromatic carboxylic acids is 1. The predicted octanol–water partition coefficient (Wildman–Crippen LogP) is -0.669. The molecular weight excluding hydrogens is 226 g/mol. The van der Waals surface area contributed by atoms with Gasteiger partial charge in [-0.3, -0.25) is 0 Å². The van der Waals surface area contributed by atoms with Crippen molar-refractivity contribution in [2.45, 2.75) is 0 Å². The number of rotatable bonds is 1. The van der Waals surface area contributed by atoms with Gasteiger partial charge in [-0.2, -0.15) is 15.0 Å². The van der Waals surface area contributed by atoms with Gasteiger partial charge in [0, 0.05) is 6.20 Å². The van der Waals surface area contributed by atoms with Gasteiger partial charge in [-0.25, -0.2) is 4.79 Å². The lowest BCUT2D eigenvalue weighted by atomic mass is 10.4. The van der Waals surface area contributed by atoms with E-state index in [2.05, 4.69) is 19.9 Å². The fourth-order valence-electron chi connectivity index (χ4n) is 0.890. The number of nitrogen functional groups attached to an aromatic ring is 3. The highest BCUT2D eigenvalue weighted by Crippen LogP contribution is 1.97. The Labute approximate surface area is 95.7 Å². The number of anilines is 3. The van der Waals surface area contributed by atoms with Gasteiger partial charge in [0.1, 0.15) is 5.69 Å². The van der Waals surface area contributed by atoms with Crippen LogP contribution in [0.1, 0.15) is 10.5 Å². The summed E-state index contributed by atoms with van der Waals surface area (Å²) in [5.74, 6) is -0.796. The number of carboxylic acid groups (broad SMARTS) is 1. The Morgan fingerprint density at radius 2 is 1.59 bits per heavy atom. The van der Waals surface area contributed by atoms with Crippen molar-refractivity contribution in [3.63, 3.8) is 0 Å². The van der Waals surface area contributed by atoms with E-state index in [-0.39, 0.29) is 23.5 Å². The van der Waals surface area contributed by atoms with Crippen LogP contribution in [0.3, 0.4) is 0 Å². The fraction of sp³-hybridized carbons (Fsp3) is 0. The maximum Gasteiger partial charge on any atom is 0.352 e. The lowest BCUT2D eigenvalue weighted by Gasteiger charge is -1.93. The lowest BCUT2D eigenvalue weighted by Crippen LogP contribution is -2.05. The highest BCUT2D eigenvalue weighted by atomic mass is 16.4. The fourth-order valence-corrected chi connectivity index (χ4v) is 0.890. The average Bonchev–Trinajstić information content (AvgIpc) is 2.68. The second-order valence-corrected chi connectivity index (χ2v) is 2.80. The molecule has 2 rings (SSSR count). The van der Waals surface area contributed by atoms with Gasteiger partial charge in [0.2, 0.25) is 17.8 Å². The zero-order chi connectivity index (χ0) is 12.8. The molecule has 0 fully saturated rings. The number of hydrogen-bond acceptors (Lipinski definition) is 7. The first-order chi connectivity index (χ1) is 7.99. The number of carbonyl (C=O) groups is 1. The van der Waals surface area contributed by atoms with Crippen molar-refractivity contribution in [3.05, 3.63) is 24.0 Å². The van der Waals surface area contributed by atoms with Crippen LogP contribution in [0.5, 0.6) is 0 Å². The topological polar surface area (TPSA) is 170 Å². The number of aromatic nitrogens is 4. The van der Waals surface area contributed by atoms with Crippen molar-refractivity contribution in [2.24, 2.45) is 0 Å². The molecule has 0 amide bonds. The van der Waals surface area contributed by atoms with Crippen LogP contribution in [-0.2, 0) is 0 Å². The number of aromatic amines is 1. The van der Waals surface area contributed by atoms with E-state index in [1.807, 2.05) is 0 Å². The zero-order valence-electron chi connectivity index (χ0n) is 8.66. The molecule has 0 aliphatic carbocycles. The van der Waals surface area contributed by atoms with Crippen LogP contribution < -0.4 is 17.2 Å². The molecule has 9 heteroatoms. The molecule has 90 valence electrons. The third-order valence-electron chi connectivity index (χ3n) is 1.52. The Bertz CT molecular complexity index is 446. The highest BCUT2D eigenvalue weighted by molar-refractivity contribution is 5.85. The van der Waals surface area contributed by atoms with E-state index in [4.69, 9.17) is 22.3 Å². The molecule has 0 radical (unpaired) electrons. The number of hydrogen-bond donors (Lipinski definition) is 5. The molecule has 0 aliphatic rings. The van der Waals surface area contributed by atoms with Crippen molar-refractivity contribution in [3.8, 4) is 0 Å². The molecule has 2 aromatic rings. The van der Waals surface area contributed by atoms with Crippen LogP contribution in [0, 0.1) is 0 Å². The minimum atomic E-state index is -0.921. The molecule has 0 unspecified atom stereocenters. The summed E-state index contributed by atoms with van der Waals surface area (Å²) in [6.07, 6.45) is 1.57. The molecule has 0 saturated carbocycles. The minimum Gasteiger partial charge on any atom is -0.477 e. The van der Waals surface area contributed by atoms with Crippen LogP contribution in [0.25, 0.3) is 0 Å². The summed E-state index contributed by atoms with van der Waals surface area (Å²) < 4.78 is 0. The Hall–Kier alpha value is -2.84. The largest absolute Gasteiger partial charge is 0.477 e. The van der Waals surface area contributed by atoms with E-state index in [9.17, 15) is 4.79 Å². The number of nitrogens with zero attached hydrogens (tertiary/aromatic N) is 3. The van der Waals surface area contributed by atoms with Crippen molar-refractivity contribution >= 4 is 23.8 Å². The quantitative estimate of drug-likeness (QED) is 0.434. The Balaban J connectivity index is 0.000000171. The van der Waals surface area contributed by atoms with Crippen molar-refractivity contribution in [1.82, 2.24) is 19.9 Å². The molecular formula is C8H11N7O2. The monoisotopic (exact) mass is 237 g/mol. The van der Waals surface area contributed by atoms with Gasteiger partial charge in [0.25, 0.3) is 0 Å².